The maximum absolute atomic E-state index is 13.1. The van der Waals surface area contributed by atoms with Crippen LogP contribution in [-0.2, 0) is 0 Å². The highest BCUT2D eigenvalue weighted by Crippen LogP contribution is 2.20. The topological polar surface area (TPSA) is 15.3 Å². The molecule has 1 unspecified atom stereocenters. The quantitative estimate of drug-likeness (QED) is 0.722. The lowest BCUT2D eigenvalue weighted by Gasteiger charge is -2.21. The van der Waals surface area contributed by atoms with Crippen LogP contribution in [0.5, 0.6) is 0 Å². The van der Waals surface area contributed by atoms with Crippen LogP contribution in [0.15, 0.2) is 18.2 Å². The van der Waals surface area contributed by atoms with Crippen LogP contribution in [0.1, 0.15) is 45.2 Å². The van der Waals surface area contributed by atoms with Crippen LogP contribution in [0, 0.1) is 5.82 Å². The highest BCUT2D eigenvalue weighted by molar-refractivity contribution is 6.30. The Labute approximate surface area is 127 Å². The predicted octanol–water partition coefficient (Wildman–Crippen LogP) is 4.25. The number of nitrogens with zero attached hydrogens (tertiary/aromatic N) is 1. The van der Waals surface area contributed by atoms with Gasteiger partial charge in [-0.3, -0.25) is 0 Å². The number of hydrogen-bond donors (Lipinski definition) is 1. The number of benzene rings is 1. The molecule has 20 heavy (non-hydrogen) atoms. The van der Waals surface area contributed by atoms with Crippen molar-refractivity contribution in [2.24, 2.45) is 0 Å². The highest BCUT2D eigenvalue weighted by Gasteiger charge is 2.08. The Morgan fingerprint density at radius 1 is 1.25 bits per heavy atom. The summed E-state index contributed by atoms with van der Waals surface area (Å²) in [7, 11) is 2.15. The lowest BCUT2D eigenvalue weighted by atomic mass is 10.1. The Morgan fingerprint density at radius 2 is 1.95 bits per heavy atom. The molecule has 114 valence electrons. The van der Waals surface area contributed by atoms with Gasteiger partial charge in [0.05, 0.1) is 5.02 Å². The van der Waals surface area contributed by atoms with Gasteiger partial charge in [-0.15, -0.1) is 0 Å². The zero-order valence-electron chi connectivity index (χ0n) is 12.9. The average molecular weight is 301 g/mol. The predicted molar refractivity (Wildman–Crippen MR) is 84.8 cm³/mol. The number of nitrogens with one attached hydrogen (secondary N) is 1. The van der Waals surface area contributed by atoms with Gasteiger partial charge >= 0.3 is 0 Å². The van der Waals surface area contributed by atoms with E-state index in [-0.39, 0.29) is 16.9 Å². The molecule has 1 aromatic carbocycles. The number of unbranched alkanes of at least 4 members (excludes halogenated alkanes) is 1. The molecule has 0 aliphatic heterocycles. The van der Waals surface area contributed by atoms with E-state index in [0.717, 1.165) is 25.1 Å². The van der Waals surface area contributed by atoms with Gasteiger partial charge in [0, 0.05) is 12.1 Å². The monoisotopic (exact) mass is 300 g/mol. The molecule has 0 saturated heterocycles. The summed E-state index contributed by atoms with van der Waals surface area (Å²) in [5.74, 6) is -0.362. The third-order valence-corrected chi connectivity index (χ3v) is 4.00. The summed E-state index contributed by atoms with van der Waals surface area (Å²) in [5.41, 5.74) is 1.02. The summed E-state index contributed by atoms with van der Waals surface area (Å²) in [6.45, 7) is 8.57. The largest absolute Gasteiger partial charge is 0.310 e. The summed E-state index contributed by atoms with van der Waals surface area (Å²) in [6.07, 6.45) is 2.31. The van der Waals surface area contributed by atoms with Crippen LogP contribution in [0.3, 0.4) is 0 Å². The van der Waals surface area contributed by atoms with E-state index in [2.05, 4.69) is 38.0 Å². The first kappa shape index (κ1) is 17.4. The fraction of sp³-hybridized carbons (Fsp3) is 0.625. The molecule has 0 fully saturated rings. The maximum Gasteiger partial charge on any atom is 0.141 e. The molecule has 0 amide bonds. The van der Waals surface area contributed by atoms with E-state index in [4.69, 9.17) is 11.6 Å². The SMILES string of the molecule is CC(NCCCCN(C)C(C)C)c1ccc(F)c(Cl)c1. The molecule has 1 atom stereocenters. The molecule has 1 rings (SSSR count). The molecule has 1 aromatic rings. The summed E-state index contributed by atoms with van der Waals surface area (Å²) >= 11 is 5.80. The summed E-state index contributed by atoms with van der Waals surface area (Å²) < 4.78 is 13.1. The van der Waals surface area contributed by atoms with E-state index in [1.807, 2.05) is 0 Å². The first-order valence-electron chi connectivity index (χ1n) is 7.30. The fourth-order valence-corrected chi connectivity index (χ4v) is 2.15. The van der Waals surface area contributed by atoms with Gasteiger partial charge in [-0.25, -0.2) is 4.39 Å². The van der Waals surface area contributed by atoms with Gasteiger partial charge in [-0.05, 0) is 71.4 Å². The molecular formula is C16H26ClFN2. The van der Waals surface area contributed by atoms with Crippen LogP contribution in [0.4, 0.5) is 4.39 Å². The van der Waals surface area contributed by atoms with E-state index >= 15 is 0 Å². The maximum atomic E-state index is 13.1. The normalized spacial score (nSPS) is 13.2. The van der Waals surface area contributed by atoms with E-state index in [1.54, 1.807) is 12.1 Å². The molecular weight excluding hydrogens is 275 g/mol. The molecule has 0 bridgehead atoms. The van der Waals surface area contributed by atoms with Gasteiger partial charge in [0.1, 0.15) is 5.82 Å². The van der Waals surface area contributed by atoms with Gasteiger partial charge < -0.3 is 10.2 Å². The minimum atomic E-state index is -0.362. The smallest absolute Gasteiger partial charge is 0.141 e. The summed E-state index contributed by atoms with van der Waals surface area (Å²) in [6, 6.07) is 5.69. The van der Waals surface area contributed by atoms with Crippen LogP contribution in [0.25, 0.3) is 0 Å². The molecule has 0 aliphatic carbocycles. The zero-order valence-corrected chi connectivity index (χ0v) is 13.7. The van der Waals surface area contributed by atoms with Crippen LogP contribution >= 0.6 is 11.6 Å². The van der Waals surface area contributed by atoms with Gasteiger partial charge in [0.25, 0.3) is 0 Å². The molecule has 0 heterocycles. The van der Waals surface area contributed by atoms with E-state index in [9.17, 15) is 4.39 Å². The first-order valence-corrected chi connectivity index (χ1v) is 7.68. The molecule has 1 N–H and O–H groups in total. The average Bonchev–Trinajstić information content (AvgIpc) is 2.40. The molecule has 0 aromatic heterocycles. The van der Waals surface area contributed by atoms with E-state index in [1.165, 1.54) is 12.5 Å². The molecule has 0 radical (unpaired) electrons. The van der Waals surface area contributed by atoms with Crippen molar-refractivity contribution >= 4 is 11.6 Å². The summed E-state index contributed by atoms with van der Waals surface area (Å²) in [5, 5.41) is 3.64. The van der Waals surface area contributed by atoms with Crippen molar-refractivity contribution in [2.75, 3.05) is 20.1 Å². The molecule has 0 aliphatic rings. The molecule has 0 spiro atoms. The van der Waals surface area contributed by atoms with Crippen molar-refractivity contribution < 1.29 is 4.39 Å². The third-order valence-electron chi connectivity index (χ3n) is 3.71. The minimum Gasteiger partial charge on any atom is -0.310 e. The van der Waals surface area contributed by atoms with Gasteiger partial charge in [0.2, 0.25) is 0 Å². The lowest BCUT2D eigenvalue weighted by Crippen LogP contribution is -2.28. The number of rotatable bonds is 8. The molecule has 4 heteroatoms. The molecule has 2 nitrogen and oxygen atoms in total. The van der Waals surface area contributed by atoms with Crippen molar-refractivity contribution in [3.63, 3.8) is 0 Å². The van der Waals surface area contributed by atoms with Gasteiger partial charge in [-0.1, -0.05) is 17.7 Å². The second-order valence-electron chi connectivity index (χ2n) is 5.63. The Bertz CT molecular complexity index is 409. The fourth-order valence-electron chi connectivity index (χ4n) is 1.96. The first-order chi connectivity index (χ1) is 9.41. The minimum absolute atomic E-state index is 0.190. The van der Waals surface area contributed by atoms with E-state index in [0.29, 0.717) is 6.04 Å². The lowest BCUT2D eigenvalue weighted by molar-refractivity contribution is 0.267. The molecule has 0 saturated carbocycles. The highest BCUT2D eigenvalue weighted by atomic mass is 35.5. The second kappa shape index (κ2) is 8.60. The Hall–Kier alpha value is -0.640. The van der Waals surface area contributed by atoms with Crippen LogP contribution < -0.4 is 5.32 Å². The van der Waals surface area contributed by atoms with Crippen molar-refractivity contribution in [2.45, 2.75) is 45.7 Å². The third kappa shape index (κ3) is 5.78. The van der Waals surface area contributed by atoms with E-state index < -0.39 is 0 Å². The summed E-state index contributed by atoms with van der Waals surface area (Å²) in [4.78, 5) is 2.35. The number of hydrogen-bond acceptors (Lipinski definition) is 2. The van der Waals surface area contributed by atoms with Gasteiger partial charge in [-0.2, -0.15) is 0 Å². The van der Waals surface area contributed by atoms with Crippen molar-refractivity contribution in [3.8, 4) is 0 Å². The van der Waals surface area contributed by atoms with Crippen LogP contribution in [0.2, 0.25) is 5.02 Å². The Balaban J connectivity index is 2.26. The standard InChI is InChI=1S/C16H26ClFN2/c1-12(2)20(4)10-6-5-9-19-13(3)14-7-8-16(18)15(17)11-14/h7-8,11-13,19H,5-6,9-10H2,1-4H3. The Kier molecular flexibility index (Phi) is 7.49. The van der Waals surface area contributed by atoms with Gasteiger partial charge in [0.15, 0.2) is 0 Å². The van der Waals surface area contributed by atoms with Crippen molar-refractivity contribution in [3.05, 3.63) is 34.6 Å². The number of halogens is 2. The van der Waals surface area contributed by atoms with Crippen molar-refractivity contribution in [1.82, 2.24) is 10.2 Å². The van der Waals surface area contributed by atoms with Crippen LogP contribution in [-0.4, -0.2) is 31.1 Å². The zero-order chi connectivity index (χ0) is 15.1. The van der Waals surface area contributed by atoms with Crippen molar-refractivity contribution in [1.29, 1.82) is 0 Å². The Morgan fingerprint density at radius 3 is 2.55 bits per heavy atom. The second-order valence-corrected chi connectivity index (χ2v) is 6.04.